The standard InChI is InChI=1S/C14H18ClN3/c15-14-5-3-4-13(10-14)11-16-6-1-2-8-18-9-7-17-12-18/h3-5,7,9-10,12,16H,1-2,6,8,11H2. The van der Waals surface area contributed by atoms with Crippen molar-refractivity contribution in [1.29, 1.82) is 0 Å². The van der Waals surface area contributed by atoms with Crippen molar-refractivity contribution in [3.63, 3.8) is 0 Å². The topological polar surface area (TPSA) is 29.9 Å². The van der Waals surface area contributed by atoms with E-state index in [0.717, 1.165) is 24.7 Å². The van der Waals surface area contributed by atoms with E-state index in [0.29, 0.717) is 0 Å². The summed E-state index contributed by atoms with van der Waals surface area (Å²) in [5.41, 5.74) is 1.23. The molecule has 18 heavy (non-hydrogen) atoms. The fourth-order valence-corrected chi connectivity index (χ4v) is 2.06. The number of aryl methyl sites for hydroxylation is 1. The molecule has 0 radical (unpaired) electrons. The highest BCUT2D eigenvalue weighted by molar-refractivity contribution is 6.30. The lowest BCUT2D eigenvalue weighted by Crippen LogP contribution is -2.15. The van der Waals surface area contributed by atoms with Crippen LogP contribution in [-0.2, 0) is 13.1 Å². The maximum absolute atomic E-state index is 5.93. The van der Waals surface area contributed by atoms with Gasteiger partial charge < -0.3 is 9.88 Å². The fraction of sp³-hybridized carbons (Fsp3) is 0.357. The molecule has 0 spiro atoms. The summed E-state index contributed by atoms with van der Waals surface area (Å²) in [5, 5.41) is 4.23. The van der Waals surface area contributed by atoms with Crippen molar-refractivity contribution < 1.29 is 0 Å². The molecule has 1 heterocycles. The molecule has 0 bridgehead atoms. The van der Waals surface area contributed by atoms with Crippen molar-refractivity contribution in [3.05, 3.63) is 53.6 Å². The van der Waals surface area contributed by atoms with E-state index in [1.807, 2.05) is 36.9 Å². The Morgan fingerprint density at radius 1 is 1.28 bits per heavy atom. The maximum Gasteiger partial charge on any atom is 0.0945 e. The van der Waals surface area contributed by atoms with Crippen LogP contribution < -0.4 is 5.32 Å². The number of hydrogen-bond acceptors (Lipinski definition) is 2. The van der Waals surface area contributed by atoms with Crippen LogP contribution in [0.25, 0.3) is 0 Å². The first kappa shape index (κ1) is 13.1. The predicted octanol–water partition coefficient (Wildman–Crippen LogP) is 3.11. The van der Waals surface area contributed by atoms with Crippen molar-refractivity contribution in [3.8, 4) is 0 Å². The van der Waals surface area contributed by atoms with Crippen LogP contribution in [-0.4, -0.2) is 16.1 Å². The Balaban J connectivity index is 1.56. The molecule has 1 aromatic carbocycles. The minimum Gasteiger partial charge on any atom is -0.337 e. The van der Waals surface area contributed by atoms with Gasteiger partial charge in [-0.1, -0.05) is 23.7 Å². The summed E-state index contributed by atoms with van der Waals surface area (Å²) >= 11 is 5.93. The monoisotopic (exact) mass is 263 g/mol. The van der Waals surface area contributed by atoms with Crippen LogP contribution in [0, 0.1) is 0 Å². The summed E-state index contributed by atoms with van der Waals surface area (Å²) in [6.45, 7) is 2.95. The first-order chi connectivity index (χ1) is 8.84. The molecule has 0 fully saturated rings. The van der Waals surface area contributed by atoms with Crippen molar-refractivity contribution in [2.45, 2.75) is 25.9 Å². The molecule has 0 aliphatic carbocycles. The van der Waals surface area contributed by atoms with Crippen LogP contribution in [0.3, 0.4) is 0 Å². The molecule has 4 heteroatoms. The molecule has 1 aromatic heterocycles. The van der Waals surface area contributed by atoms with Crippen LogP contribution in [0.4, 0.5) is 0 Å². The van der Waals surface area contributed by atoms with Gasteiger partial charge in [0.2, 0.25) is 0 Å². The second-order valence-corrected chi connectivity index (χ2v) is 4.75. The van der Waals surface area contributed by atoms with E-state index in [-0.39, 0.29) is 0 Å². The Morgan fingerprint density at radius 3 is 3.00 bits per heavy atom. The molecule has 0 amide bonds. The number of aromatic nitrogens is 2. The Hall–Kier alpha value is -1.32. The second-order valence-electron chi connectivity index (χ2n) is 4.31. The van der Waals surface area contributed by atoms with Gasteiger partial charge in [-0.05, 0) is 37.1 Å². The molecule has 0 atom stereocenters. The Labute approximate surface area is 113 Å². The highest BCUT2D eigenvalue weighted by Crippen LogP contribution is 2.10. The third-order valence-electron chi connectivity index (χ3n) is 2.80. The number of imidazole rings is 1. The second kappa shape index (κ2) is 7.19. The van der Waals surface area contributed by atoms with Gasteiger partial charge in [-0.25, -0.2) is 4.98 Å². The summed E-state index contributed by atoms with van der Waals surface area (Å²) in [7, 11) is 0. The highest BCUT2D eigenvalue weighted by atomic mass is 35.5. The molecule has 0 aliphatic heterocycles. The average molecular weight is 264 g/mol. The largest absolute Gasteiger partial charge is 0.337 e. The number of halogens is 1. The molecule has 0 unspecified atom stereocenters. The van der Waals surface area contributed by atoms with Crippen molar-refractivity contribution >= 4 is 11.6 Å². The molecule has 0 aliphatic rings. The lowest BCUT2D eigenvalue weighted by atomic mass is 10.2. The zero-order chi connectivity index (χ0) is 12.6. The van der Waals surface area contributed by atoms with E-state index in [1.54, 1.807) is 0 Å². The van der Waals surface area contributed by atoms with Crippen LogP contribution >= 0.6 is 11.6 Å². The zero-order valence-corrected chi connectivity index (χ0v) is 11.1. The van der Waals surface area contributed by atoms with E-state index in [4.69, 9.17) is 11.6 Å². The van der Waals surface area contributed by atoms with Gasteiger partial charge in [0.1, 0.15) is 0 Å². The smallest absolute Gasteiger partial charge is 0.0945 e. The van der Waals surface area contributed by atoms with Gasteiger partial charge >= 0.3 is 0 Å². The van der Waals surface area contributed by atoms with Gasteiger partial charge in [-0.3, -0.25) is 0 Å². The number of hydrogen-bond donors (Lipinski definition) is 1. The first-order valence-electron chi connectivity index (χ1n) is 6.25. The van der Waals surface area contributed by atoms with Crippen LogP contribution in [0.1, 0.15) is 18.4 Å². The lowest BCUT2D eigenvalue weighted by molar-refractivity contribution is 0.568. The normalized spacial score (nSPS) is 10.7. The maximum atomic E-state index is 5.93. The molecule has 2 aromatic rings. The number of nitrogens with zero attached hydrogens (tertiary/aromatic N) is 2. The SMILES string of the molecule is Clc1cccc(CNCCCCn2ccnc2)c1. The number of rotatable bonds is 7. The van der Waals surface area contributed by atoms with E-state index in [9.17, 15) is 0 Å². The van der Waals surface area contributed by atoms with Crippen molar-refractivity contribution in [2.75, 3.05) is 6.54 Å². The summed E-state index contributed by atoms with van der Waals surface area (Å²) in [6, 6.07) is 7.97. The zero-order valence-electron chi connectivity index (χ0n) is 10.3. The van der Waals surface area contributed by atoms with Gasteiger partial charge in [-0.15, -0.1) is 0 Å². The predicted molar refractivity (Wildman–Crippen MR) is 74.6 cm³/mol. The minimum absolute atomic E-state index is 0.800. The van der Waals surface area contributed by atoms with Gasteiger partial charge in [0.25, 0.3) is 0 Å². The summed E-state index contributed by atoms with van der Waals surface area (Å²) < 4.78 is 2.11. The van der Waals surface area contributed by atoms with Gasteiger partial charge in [0.15, 0.2) is 0 Å². The van der Waals surface area contributed by atoms with E-state index >= 15 is 0 Å². The van der Waals surface area contributed by atoms with Crippen LogP contribution in [0.15, 0.2) is 43.0 Å². The first-order valence-corrected chi connectivity index (χ1v) is 6.63. The molecule has 2 rings (SSSR count). The van der Waals surface area contributed by atoms with Gasteiger partial charge in [-0.2, -0.15) is 0 Å². The van der Waals surface area contributed by atoms with Crippen molar-refractivity contribution in [2.24, 2.45) is 0 Å². The number of benzene rings is 1. The molecule has 3 nitrogen and oxygen atoms in total. The van der Waals surface area contributed by atoms with E-state index < -0.39 is 0 Å². The summed E-state index contributed by atoms with van der Waals surface area (Å²) in [6.07, 6.45) is 8.01. The Bertz CT molecular complexity index is 454. The molecule has 96 valence electrons. The Morgan fingerprint density at radius 2 is 2.22 bits per heavy atom. The minimum atomic E-state index is 0.800. The number of unbranched alkanes of at least 4 members (excludes halogenated alkanes) is 1. The highest BCUT2D eigenvalue weighted by Gasteiger charge is 1.94. The van der Waals surface area contributed by atoms with Crippen LogP contribution in [0.2, 0.25) is 5.02 Å². The molecule has 0 saturated heterocycles. The molecule has 0 saturated carbocycles. The van der Waals surface area contributed by atoms with Crippen LogP contribution in [0.5, 0.6) is 0 Å². The summed E-state index contributed by atoms with van der Waals surface area (Å²) in [5.74, 6) is 0. The third kappa shape index (κ3) is 4.51. The van der Waals surface area contributed by atoms with Gasteiger partial charge in [0.05, 0.1) is 6.33 Å². The van der Waals surface area contributed by atoms with Gasteiger partial charge in [0, 0.05) is 30.5 Å². The quantitative estimate of drug-likeness (QED) is 0.778. The van der Waals surface area contributed by atoms with E-state index in [2.05, 4.69) is 20.9 Å². The summed E-state index contributed by atoms with van der Waals surface area (Å²) in [4.78, 5) is 4.02. The van der Waals surface area contributed by atoms with Crippen molar-refractivity contribution in [1.82, 2.24) is 14.9 Å². The Kier molecular flexibility index (Phi) is 5.24. The fourth-order valence-electron chi connectivity index (χ4n) is 1.84. The average Bonchev–Trinajstić information content (AvgIpc) is 2.87. The lowest BCUT2D eigenvalue weighted by Gasteiger charge is -2.05. The molecular weight excluding hydrogens is 246 g/mol. The van der Waals surface area contributed by atoms with E-state index in [1.165, 1.54) is 18.4 Å². The molecule has 1 N–H and O–H groups in total. The molecular formula is C14H18ClN3. The third-order valence-corrected chi connectivity index (χ3v) is 3.03. The number of nitrogens with one attached hydrogen (secondary N) is 1.